The predicted octanol–water partition coefficient (Wildman–Crippen LogP) is 0.973. The SMILES string of the molecule is COCCNC(N)=NCC1CC2CCC1C2. The predicted molar refractivity (Wildman–Crippen MR) is 65.3 cm³/mol. The Balaban J connectivity index is 1.67. The van der Waals surface area contributed by atoms with Crippen LogP contribution in [0.5, 0.6) is 0 Å². The summed E-state index contributed by atoms with van der Waals surface area (Å²) in [5.74, 6) is 3.29. The standard InChI is InChI=1S/C12H23N3O/c1-16-5-4-14-12(13)15-8-11-7-9-2-3-10(11)6-9/h9-11H,2-8H2,1H3,(H3,13,14,15). The van der Waals surface area contributed by atoms with Crippen molar-refractivity contribution in [1.82, 2.24) is 5.32 Å². The third kappa shape index (κ3) is 2.88. The average Bonchev–Trinajstić information content (AvgIpc) is 2.88. The Kier molecular flexibility index (Phi) is 4.04. The van der Waals surface area contributed by atoms with Crippen LogP contribution in [0.1, 0.15) is 25.7 Å². The molecule has 2 aliphatic rings. The molecule has 2 bridgehead atoms. The smallest absolute Gasteiger partial charge is 0.188 e. The maximum absolute atomic E-state index is 5.77. The van der Waals surface area contributed by atoms with E-state index in [0.29, 0.717) is 12.6 Å². The van der Waals surface area contributed by atoms with Crippen LogP contribution in [0.4, 0.5) is 0 Å². The van der Waals surface area contributed by atoms with Crippen molar-refractivity contribution in [2.24, 2.45) is 28.5 Å². The number of hydrogen-bond acceptors (Lipinski definition) is 2. The minimum Gasteiger partial charge on any atom is -0.383 e. The highest BCUT2D eigenvalue weighted by molar-refractivity contribution is 5.77. The summed E-state index contributed by atoms with van der Waals surface area (Å²) in [7, 11) is 1.68. The molecule has 3 unspecified atom stereocenters. The van der Waals surface area contributed by atoms with Crippen LogP contribution in [-0.4, -0.2) is 32.8 Å². The van der Waals surface area contributed by atoms with Gasteiger partial charge in [-0.25, -0.2) is 0 Å². The zero-order valence-corrected chi connectivity index (χ0v) is 10.1. The molecular weight excluding hydrogens is 202 g/mol. The highest BCUT2D eigenvalue weighted by Gasteiger charge is 2.38. The second kappa shape index (κ2) is 5.53. The van der Waals surface area contributed by atoms with Gasteiger partial charge < -0.3 is 15.8 Å². The van der Waals surface area contributed by atoms with Gasteiger partial charge in [-0.3, -0.25) is 4.99 Å². The first kappa shape index (κ1) is 11.7. The minimum atomic E-state index is 0.569. The van der Waals surface area contributed by atoms with E-state index in [1.807, 2.05) is 0 Å². The Morgan fingerprint density at radius 3 is 2.94 bits per heavy atom. The first-order valence-electron chi connectivity index (χ1n) is 6.32. The summed E-state index contributed by atoms with van der Waals surface area (Å²) in [6.07, 6.45) is 5.69. The van der Waals surface area contributed by atoms with E-state index >= 15 is 0 Å². The van der Waals surface area contributed by atoms with Crippen molar-refractivity contribution in [3.63, 3.8) is 0 Å². The van der Waals surface area contributed by atoms with E-state index in [1.54, 1.807) is 7.11 Å². The lowest BCUT2D eigenvalue weighted by molar-refractivity contribution is 0.204. The van der Waals surface area contributed by atoms with Crippen LogP contribution in [-0.2, 0) is 4.74 Å². The van der Waals surface area contributed by atoms with Gasteiger partial charge in [0.2, 0.25) is 0 Å². The molecule has 92 valence electrons. The molecular formula is C12H23N3O. The van der Waals surface area contributed by atoms with Crippen LogP contribution in [0, 0.1) is 17.8 Å². The largest absolute Gasteiger partial charge is 0.383 e. The fourth-order valence-electron chi connectivity index (χ4n) is 3.15. The number of fused-ring (bicyclic) bond motifs is 2. The maximum Gasteiger partial charge on any atom is 0.188 e. The zero-order chi connectivity index (χ0) is 11.4. The number of methoxy groups -OCH3 is 1. The fraction of sp³-hybridized carbons (Fsp3) is 0.917. The second-order valence-corrected chi connectivity index (χ2v) is 5.08. The highest BCUT2D eigenvalue weighted by atomic mass is 16.5. The number of nitrogens with two attached hydrogens (primary N) is 1. The molecule has 0 aliphatic heterocycles. The summed E-state index contributed by atoms with van der Waals surface area (Å²) in [4.78, 5) is 4.42. The van der Waals surface area contributed by atoms with Gasteiger partial charge in [0.15, 0.2) is 5.96 Å². The Bertz CT molecular complexity index is 255. The van der Waals surface area contributed by atoms with Gasteiger partial charge in [-0.05, 0) is 37.0 Å². The molecule has 0 aromatic rings. The molecule has 4 nitrogen and oxygen atoms in total. The van der Waals surface area contributed by atoms with E-state index < -0.39 is 0 Å². The molecule has 0 aromatic heterocycles. The molecule has 2 saturated carbocycles. The van der Waals surface area contributed by atoms with Gasteiger partial charge in [0.05, 0.1) is 6.61 Å². The quantitative estimate of drug-likeness (QED) is 0.416. The van der Waals surface area contributed by atoms with Crippen molar-refractivity contribution in [3.8, 4) is 0 Å². The van der Waals surface area contributed by atoms with Crippen molar-refractivity contribution in [2.75, 3.05) is 26.8 Å². The first-order chi connectivity index (χ1) is 7.79. The molecule has 0 heterocycles. The van der Waals surface area contributed by atoms with Crippen molar-refractivity contribution >= 4 is 5.96 Å². The zero-order valence-electron chi connectivity index (χ0n) is 10.1. The third-order valence-electron chi connectivity index (χ3n) is 3.99. The van der Waals surface area contributed by atoms with E-state index in [4.69, 9.17) is 10.5 Å². The van der Waals surface area contributed by atoms with Crippen molar-refractivity contribution in [2.45, 2.75) is 25.7 Å². The minimum absolute atomic E-state index is 0.569. The van der Waals surface area contributed by atoms with Crippen LogP contribution in [0.25, 0.3) is 0 Å². The summed E-state index contributed by atoms with van der Waals surface area (Å²) >= 11 is 0. The topological polar surface area (TPSA) is 59.6 Å². The van der Waals surface area contributed by atoms with Gasteiger partial charge in [0.1, 0.15) is 0 Å². The molecule has 4 heteroatoms. The number of nitrogens with one attached hydrogen (secondary N) is 1. The highest BCUT2D eigenvalue weighted by Crippen LogP contribution is 2.48. The van der Waals surface area contributed by atoms with Crippen LogP contribution < -0.4 is 11.1 Å². The van der Waals surface area contributed by atoms with Crippen molar-refractivity contribution < 1.29 is 4.74 Å². The molecule has 0 radical (unpaired) electrons. The summed E-state index contributed by atoms with van der Waals surface area (Å²) in [5, 5.41) is 3.05. The van der Waals surface area contributed by atoms with E-state index in [0.717, 1.165) is 30.8 Å². The van der Waals surface area contributed by atoms with Crippen molar-refractivity contribution in [1.29, 1.82) is 0 Å². The molecule has 3 N–H and O–H groups in total. The summed E-state index contributed by atoms with van der Waals surface area (Å²) in [6, 6.07) is 0. The van der Waals surface area contributed by atoms with Gasteiger partial charge in [-0.2, -0.15) is 0 Å². The number of hydrogen-bond donors (Lipinski definition) is 2. The Labute approximate surface area is 97.6 Å². The Hall–Kier alpha value is -0.770. The van der Waals surface area contributed by atoms with E-state index in [2.05, 4.69) is 10.3 Å². The second-order valence-electron chi connectivity index (χ2n) is 5.08. The monoisotopic (exact) mass is 225 g/mol. The van der Waals surface area contributed by atoms with E-state index in [9.17, 15) is 0 Å². The van der Waals surface area contributed by atoms with Gasteiger partial charge >= 0.3 is 0 Å². The number of nitrogens with zero attached hydrogens (tertiary/aromatic N) is 1. The van der Waals surface area contributed by atoms with Gasteiger partial charge in [0, 0.05) is 20.2 Å². The number of rotatable bonds is 5. The molecule has 0 saturated heterocycles. The molecule has 2 aliphatic carbocycles. The lowest BCUT2D eigenvalue weighted by atomic mass is 9.89. The molecule has 0 aromatic carbocycles. The normalized spacial score (nSPS) is 33.3. The summed E-state index contributed by atoms with van der Waals surface area (Å²) in [5.41, 5.74) is 5.77. The van der Waals surface area contributed by atoms with Crippen LogP contribution >= 0.6 is 0 Å². The molecule has 3 atom stereocenters. The Morgan fingerprint density at radius 2 is 2.31 bits per heavy atom. The third-order valence-corrected chi connectivity index (χ3v) is 3.99. The first-order valence-corrected chi connectivity index (χ1v) is 6.32. The molecule has 2 fully saturated rings. The average molecular weight is 225 g/mol. The van der Waals surface area contributed by atoms with Crippen LogP contribution in [0.15, 0.2) is 4.99 Å². The summed E-state index contributed by atoms with van der Waals surface area (Å²) in [6.45, 7) is 2.32. The van der Waals surface area contributed by atoms with Crippen LogP contribution in [0.2, 0.25) is 0 Å². The summed E-state index contributed by atoms with van der Waals surface area (Å²) < 4.78 is 4.94. The maximum atomic E-state index is 5.77. The number of ether oxygens (including phenoxy) is 1. The van der Waals surface area contributed by atoms with E-state index in [1.165, 1.54) is 25.7 Å². The number of aliphatic imine (C=N–C) groups is 1. The lowest BCUT2D eigenvalue weighted by Crippen LogP contribution is -2.34. The van der Waals surface area contributed by atoms with Gasteiger partial charge in [0.25, 0.3) is 0 Å². The van der Waals surface area contributed by atoms with E-state index in [-0.39, 0.29) is 0 Å². The molecule has 2 rings (SSSR count). The lowest BCUT2D eigenvalue weighted by Gasteiger charge is -2.19. The molecule has 0 spiro atoms. The van der Waals surface area contributed by atoms with Crippen molar-refractivity contribution in [3.05, 3.63) is 0 Å². The van der Waals surface area contributed by atoms with Gasteiger partial charge in [-0.15, -0.1) is 0 Å². The number of guanidine groups is 1. The molecule has 0 amide bonds. The fourth-order valence-corrected chi connectivity index (χ4v) is 3.15. The molecule has 16 heavy (non-hydrogen) atoms. The van der Waals surface area contributed by atoms with Crippen LogP contribution in [0.3, 0.4) is 0 Å². The Morgan fingerprint density at radius 1 is 1.44 bits per heavy atom. The van der Waals surface area contributed by atoms with Gasteiger partial charge in [-0.1, -0.05) is 6.42 Å².